The van der Waals surface area contributed by atoms with Gasteiger partial charge in [-0.05, 0) is 35.4 Å². The van der Waals surface area contributed by atoms with Crippen molar-refractivity contribution in [2.24, 2.45) is 0 Å². The van der Waals surface area contributed by atoms with Gasteiger partial charge in [-0.2, -0.15) is 4.98 Å². The molecule has 1 aliphatic heterocycles. The van der Waals surface area contributed by atoms with Gasteiger partial charge in [0.05, 0.1) is 50.9 Å². The highest BCUT2D eigenvalue weighted by Gasteiger charge is 2.16. The number of rotatable bonds is 11. The van der Waals surface area contributed by atoms with Crippen molar-refractivity contribution in [2.45, 2.75) is 19.7 Å². The van der Waals surface area contributed by atoms with Crippen LogP contribution in [0.2, 0.25) is 0 Å². The third-order valence-electron chi connectivity index (χ3n) is 6.08. The Bertz CT molecular complexity index is 1220. The van der Waals surface area contributed by atoms with Crippen LogP contribution in [-0.2, 0) is 29.2 Å². The molecule has 184 valence electrons. The molecule has 0 saturated carbocycles. The van der Waals surface area contributed by atoms with Crippen molar-refractivity contribution < 1.29 is 18.6 Å². The minimum atomic E-state index is 0.418. The first kappa shape index (κ1) is 23.3. The SMILES string of the molecule is COc1cccc(CN(Cc2ccc3nc[nH]c3c2)c2nc(COCCN3CCOCC3)co2)c1. The first-order valence-corrected chi connectivity index (χ1v) is 11.9. The predicted molar refractivity (Wildman–Crippen MR) is 132 cm³/mol. The maximum atomic E-state index is 5.90. The van der Waals surface area contributed by atoms with Crippen molar-refractivity contribution in [3.05, 3.63) is 71.9 Å². The van der Waals surface area contributed by atoms with Crippen LogP contribution < -0.4 is 9.64 Å². The Morgan fingerprint density at radius 3 is 2.80 bits per heavy atom. The molecule has 5 rings (SSSR count). The number of aromatic nitrogens is 3. The largest absolute Gasteiger partial charge is 0.497 e. The normalized spacial score (nSPS) is 14.4. The highest BCUT2D eigenvalue weighted by molar-refractivity contribution is 5.75. The number of H-pyrrole nitrogens is 1. The quantitative estimate of drug-likeness (QED) is 0.328. The second-order valence-electron chi connectivity index (χ2n) is 8.59. The van der Waals surface area contributed by atoms with Gasteiger partial charge in [-0.15, -0.1) is 0 Å². The van der Waals surface area contributed by atoms with Crippen molar-refractivity contribution in [3.63, 3.8) is 0 Å². The second kappa shape index (κ2) is 11.4. The number of ether oxygens (including phenoxy) is 3. The Morgan fingerprint density at radius 1 is 1.09 bits per heavy atom. The number of benzene rings is 2. The molecule has 2 aromatic heterocycles. The fourth-order valence-corrected chi connectivity index (χ4v) is 4.19. The second-order valence-corrected chi connectivity index (χ2v) is 8.59. The van der Waals surface area contributed by atoms with Crippen LogP contribution in [0.1, 0.15) is 16.8 Å². The number of imidazole rings is 1. The van der Waals surface area contributed by atoms with Crippen LogP contribution >= 0.6 is 0 Å². The predicted octanol–water partition coefficient (Wildman–Crippen LogP) is 3.62. The van der Waals surface area contributed by atoms with Crippen LogP contribution in [0.5, 0.6) is 5.75 Å². The maximum Gasteiger partial charge on any atom is 0.298 e. The van der Waals surface area contributed by atoms with Gasteiger partial charge in [-0.25, -0.2) is 4.98 Å². The van der Waals surface area contributed by atoms with Gasteiger partial charge in [0.2, 0.25) is 0 Å². The van der Waals surface area contributed by atoms with Gasteiger partial charge in [0, 0.05) is 32.7 Å². The van der Waals surface area contributed by atoms with Crippen LogP contribution in [-0.4, -0.2) is 66.4 Å². The van der Waals surface area contributed by atoms with E-state index in [0.29, 0.717) is 32.3 Å². The average molecular weight is 478 g/mol. The third kappa shape index (κ3) is 6.19. The van der Waals surface area contributed by atoms with E-state index in [4.69, 9.17) is 23.6 Å². The lowest BCUT2D eigenvalue weighted by Crippen LogP contribution is -2.38. The summed E-state index contributed by atoms with van der Waals surface area (Å²) in [4.78, 5) is 16.7. The third-order valence-corrected chi connectivity index (χ3v) is 6.08. The monoisotopic (exact) mass is 477 g/mol. The van der Waals surface area contributed by atoms with Crippen molar-refractivity contribution in [3.8, 4) is 5.75 Å². The molecule has 9 heteroatoms. The van der Waals surface area contributed by atoms with Crippen molar-refractivity contribution in [1.29, 1.82) is 0 Å². The molecule has 0 bridgehead atoms. The molecule has 0 spiro atoms. The van der Waals surface area contributed by atoms with E-state index in [9.17, 15) is 0 Å². The Labute approximate surface area is 204 Å². The molecule has 0 aliphatic carbocycles. The Kier molecular flexibility index (Phi) is 7.57. The highest BCUT2D eigenvalue weighted by Crippen LogP contribution is 2.23. The Morgan fingerprint density at radius 2 is 1.94 bits per heavy atom. The minimum absolute atomic E-state index is 0.418. The fraction of sp³-hybridized carbons (Fsp3) is 0.385. The molecule has 3 heterocycles. The molecule has 35 heavy (non-hydrogen) atoms. The average Bonchev–Trinajstić information content (AvgIpc) is 3.56. The molecular formula is C26H31N5O4. The summed E-state index contributed by atoms with van der Waals surface area (Å²) in [7, 11) is 1.68. The van der Waals surface area contributed by atoms with Gasteiger partial charge in [-0.1, -0.05) is 18.2 Å². The molecule has 4 aromatic rings. The van der Waals surface area contributed by atoms with E-state index in [2.05, 4.69) is 38.0 Å². The summed E-state index contributed by atoms with van der Waals surface area (Å²) in [5.74, 6) is 0.822. The number of aromatic amines is 1. The number of anilines is 1. The molecule has 1 N–H and O–H groups in total. The van der Waals surface area contributed by atoms with E-state index in [-0.39, 0.29) is 0 Å². The number of fused-ring (bicyclic) bond motifs is 1. The van der Waals surface area contributed by atoms with E-state index in [1.807, 2.05) is 24.3 Å². The van der Waals surface area contributed by atoms with E-state index in [1.165, 1.54) is 0 Å². The molecule has 1 fully saturated rings. The van der Waals surface area contributed by atoms with Crippen LogP contribution in [0, 0.1) is 0 Å². The van der Waals surface area contributed by atoms with E-state index in [1.54, 1.807) is 19.7 Å². The zero-order chi connectivity index (χ0) is 23.9. The van der Waals surface area contributed by atoms with Gasteiger partial charge in [-0.3, -0.25) is 4.90 Å². The molecule has 0 unspecified atom stereocenters. The smallest absolute Gasteiger partial charge is 0.298 e. The van der Waals surface area contributed by atoms with Crippen molar-refractivity contribution in [1.82, 2.24) is 19.9 Å². The van der Waals surface area contributed by atoms with Crippen molar-refractivity contribution in [2.75, 3.05) is 51.5 Å². The highest BCUT2D eigenvalue weighted by atomic mass is 16.5. The molecule has 2 aromatic carbocycles. The molecule has 1 saturated heterocycles. The summed E-state index contributed by atoms with van der Waals surface area (Å²) in [5.41, 5.74) is 4.97. The summed E-state index contributed by atoms with van der Waals surface area (Å²) in [5, 5.41) is 0. The number of hydrogen-bond acceptors (Lipinski definition) is 8. The van der Waals surface area contributed by atoms with Gasteiger partial charge >= 0.3 is 0 Å². The molecule has 9 nitrogen and oxygen atoms in total. The zero-order valence-corrected chi connectivity index (χ0v) is 20.0. The van der Waals surface area contributed by atoms with E-state index >= 15 is 0 Å². The van der Waals surface area contributed by atoms with Gasteiger partial charge < -0.3 is 28.5 Å². The standard InChI is InChI=1S/C26H31N5O4/c1-32-23-4-2-3-20(13-23)15-31(16-21-5-6-24-25(14-21)28-19-27-24)26-29-22(18-35-26)17-34-12-9-30-7-10-33-11-8-30/h2-6,13-14,18-19H,7-12,15-17H2,1H3,(H,27,28). The van der Waals surface area contributed by atoms with E-state index < -0.39 is 0 Å². The summed E-state index contributed by atoms with van der Waals surface area (Å²) in [6, 6.07) is 14.8. The van der Waals surface area contributed by atoms with Crippen LogP contribution in [0.15, 0.2) is 59.5 Å². The number of hydrogen-bond donors (Lipinski definition) is 1. The van der Waals surface area contributed by atoms with Crippen LogP contribution in [0.3, 0.4) is 0 Å². The maximum absolute atomic E-state index is 5.90. The number of oxazole rings is 1. The lowest BCUT2D eigenvalue weighted by molar-refractivity contribution is 0.0177. The first-order valence-electron chi connectivity index (χ1n) is 11.9. The van der Waals surface area contributed by atoms with Crippen LogP contribution in [0.4, 0.5) is 6.01 Å². The van der Waals surface area contributed by atoms with Gasteiger partial charge in [0.25, 0.3) is 6.01 Å². The summed E-state index contributed by atoms with van der Waals surface area (Å²) in [6.07, 6.45) is 3.39. The molecule has 0 atom stereocenters. The summed E-state index contributed by atoms with van der Waals surface area (Å²) in [6.45, 7) is 6.72. The zero-order valence-electron chi connectivity index (χ0n) is 20.0. The Balaban J connectivity index is 1.26. The first-order chi connectivity index (χ1) is 17.3. The lowest BCUT2D eigenvalue weighted by Gasteiger charge is -2.26. The Hall–Kier alpha value is -3.40. The minimum Gasteiger partial charge on any atom is -0.497 e. The summed E-state index contributed by atoms with van der Waals surface area (Å²) >= 11 is 0. The molecule has 1 aliphatic rings. The molecular weight excluding hydrogens is 446 g/mol. The number of methoxy groups -OCH3 is 1. The van der Waals surface area contributed by atoms with E-state index in [0.717, 1.165) is 66.5 Å². The van der Waals surface area contributed by atoms with Crippen LogP contribution in [0.25, 0.3) is 11.0 Å². The van der Waals surface area contributed by atoms with Gasteiger partial charge in [0.15, 0.2) is 0 Å². The lowest BCUT2D eigenvalue weighted by atomic mass is 10.1. The number of morpholine rings is 1. The fourth-order valence-electron chi connectivity index (χ4n) is 4.19. The number of nitrogens with one attached hydrogen (secondary N) is 1. The molecule has 0 radical (unpaired) electrons. The van der Waals surface area contributed by atoms with Crippen molar-refractivity contribution >= 4 is 17.0 Å². The number of nitrogens with zero attached hydrogens (tertiary/aromatic N) is 4. The summed E-state index contributed by atoms with van der Waals surface area (Å²) < 4.78 is 22.6. The topological polar surface area (TPSA) is 88.9 Å². The molecule has 0 amide bonds. The van der Waals surface area contributed by atoms with Gasteiger partial charge in [0.1, 0.15) is 17.7 Å².